The van der Waals surface area contributed by atoms with Crippen molar-refractivity contribution >= 4 is 11.6 Å². The van der Waals surface area contributed by atoms with Gasteiger partial charge < -0.3 is 5.11 Å². The molecule has 2 unspecified atom stereocenters. The maximum absolute atomic E-state index is 9.78. The quantitative estimate of drug-likeness (QED) is 0.496. The predicted molar refractivity (Wildman–Crippen MR) is 52.4 cm³/mol. The second-order valence-electron chi connectivity index (χ2n) is 4.14. The van der Waals surface area contributed by atoms with Crippen molar-refractivity contribution in [2.24, 2.45) is 5.92 Å². The number of alkyl halides is 1. The molecule has 0 radical (unpaired) electrons. The maximum Gasteiger partial charge on any atom is 0.0783 e. The molecule has 1 fully saturated rings. The van der Waals surface area contributed by atoms with E-state index < -0.39 is 5.60 Å². The lowest BCUT2D eigenvalue weighted by molar-refractivity contribution is 0.0170. The Bertz CT molecular complexity index is 186. The van der Waals surface area contributed by atoms with Crippen LogP contribution in [-0.4, -0.2) is 16.1 Å². The monoisotopic (exact) mass is 188 g/mol. The lowest BCUT2D eigenvalue weighted by Crippen LogP contribution is -2.41. The van der Waals surface area contributed by atoms with Gasteiger partial charge in [0.05, 0.1) is 11.0 Å². The fourth-order valence-electron chi connectivity index (χ4n) is 1.69. The van der Waals surface area contributed by atoms with E-state index in [1.54, 1.807) is 0 Å². The van der Waals surface area contributed by atoms with Crippen LogP contribution >= 0.6 is 11.6 Å². The molecule has 0 aliphatic heterocycles. The topological polar surface area (TPSA) is 20.2 Å². The molecule has 70 valence electrons. The molecular formula is C10H17ClO. The summed E-state index contributed by atoms with van der Waals surface area (Å²) < 4.78 is 0. The van der Waals surface area contributed by atoms with Crippen molar-refractivity contribution in [1.82, 2.24) is 0 Å². The van der Waals surface area contributed by atoms with Gasteiger partial charge in [-0.3, -0.25) is 0 Å². The van der Waals surface area contributed by atoms with Crippen molar-refractivity contribution in [2.75, 3.05) is 0 Å². The molecule has 1 aliphatic carbocycles. The lowest BCUT2D eigenvalue weighted by Gasteiger charge is -2.37. The molecule has 3 atom stereocenters. The number of rotatable bonds is 1. The average Bonchev–Trinajstić information content (AvgIpc) is 1.94. The molecule has 0 bridgehead atoms. The molecular weight excluding hydrogens is 172 g/mol. The molecule has 12 heavy (non-hydrogen) atoms. The summed E-state index contributed by atoms with van der Waals surface area (Å²) in [6.07, 6.45) is 2.67. The van der Waals surface area contributed by atoms with Gasteiger partial charge in [-0.2, -0.15) is 0 Å². The Labute approximate surface area is 79.4 Å². The summed E-state index contributed by atoms with van der Waals surface area (Å²) in [6, 6.07) is 0. The van der Waals surface area contributed by atoms with Crippen LogP contribution in [0.5, 0.6) is 0 Å². The predicted octanol–water partition coefficient (Wildman–Crippen LogP) is 2.72. The highest BCUT2D eigenvalue weighted by Crippen LogP contribution is 2.37. The fourth-order valence-corrected chi connectivity index (χ4v) is 2.02. The second-order valence-corrected chi connectivity index (χ2v) is 4.67. The van der Waals surface area contributed by atoms with Gasteiger partial charge in [-0.1, -0.05) is 12.2 Å². The van der Waals surface area contributed by atoms with E-state index in [2.05, 4.69) is 6.58 Å². The largest absolute Gasteiger partial charge is 0.389 e. The van der Waals surface area contributed by atoms with Crippen molar-refractivity contribution in [3.63, 3.8) is 0 Å². The van der Waals surface area contributed by atoms with Crippen LogP contribution in [0.15, 0.2) is 12.2 Å². The van der Waals surface area contributed by atoms with Gasteiger partial charge in [-0.15, -0.1) is 11.6 Å². The minimum absolute atomic E-state index is 0.118. The van der Waals surface area contributed by atoms with Crippen LogP contribution in [0.25, 0.3) is 0 Å². The van der Waals surface area contributed by atoms with E-state index >= 15 is 0 Å². The summed E-state index contributed by atoms with van der Waals surface area (Å²) in [5.74, 6) is 0.507. The molecule has 0 amide bonds. The second kappa shape index (κ2) is 3.39. The number of hydrogen-bond acceptors (Lipinski definition) is 1. The molecule has 0 aromatic carbocycles. The van der Waals surface area contributed by atoms with E-state index in [0.29, 0.717) is 5.92 Å². The molecule has 0 aromatic heterocycles. The van der Waals surface area contributed by atoms with E-state index in [1.807, 2.05) is 13.8 Å². The highest BCUT2D eigenvalue weighted by atomic mass is 35.5. The van der Waals surface area contributed by atoms with E-state index in [1.165, 1.54) is 5.57 Å². The summed E-state index contributed by atoms with van der Waals surface area (Å²) in [6.45, 7) is 7.78. The van der Waals surface area contributed by atoms with Gasteiger partial charge in [0.25, 0.3) is 0 Å². The van der Waals surface area contributed by atoms with Crippen LogP contribution < -0.4 is 0 Å². The standard InChI is InChI=1S/C10H17ClO/c1-7(2)8-4-5-10(3,12)9(11)6-8/h8-9,12H,1,4-6H2,2-3H3/t8-,9?,10?/m1/s1. The smallest absolute Gasteiger partial charge is 0.0783 e. The van der Waals surface area contributed by atoms with Gasteiger partial charge in [0, 0.05) is 0 Å². The lowest BCUT2D eigenvalue weighted by atomic mass is 9.77. The van der Waals surface area contributed by atoms with Gasteiger partial charge in [0.1, 0.15) is 0 Å². The summed E-state index contributed by atoms with van der Waals surface area (Å²) in [4.78, 5) is 0. The molecule has 0 heterocycles. The Morgan fingerprint density at radius 2 is 2.25 bits per heavy atom. The zero-order valence-electron chi connectivity index (χ0n) is 7.81. The van der Waals surface area contributed by atoms with Crippen LogP contribution in [0.2, 0.25) is 0 Å². The molecule has 1 rings (SSSR count). The van der Waals surface area contributed by atoms with Crippen molar-refractivity contribution < 1.29 is 5.11 Å². The van der Waals surface area contributed by atoms with E-state index in [-0.39, 0.29) is 5.38 Å². The highest BCUT2D eigenvalue weighted by molar-refractivity contribution is 6.21. The third-order valence-corrected chi connectivity index (χ3v) is 3.51. The van der Waals surface area contributed by atoms with Gasteiger partial charge in [-0.25, -0.2) is 0 Å². The third-order valence-electron chi connectivity index (χ3n) is 2.86. The molecule has 1 N–H and O–H groups in total. The normalized spacial score (nSPS) is 42.7. The zero-order valence-corrected chi connectivity index (χ0v) is 8.56. The first-order valence-electron chi connectivity index (χ1n) is 4.45. The summed E-state index contributed by atoms with van der Waals surface area (Å²) in [5.41, 5.74) is 0.518. The molecule has 1 aliphatic rings. The van der Waals surface area contributed by atoms with Crippen molar-refractivity contribution in [3.8, 4) is 0 Å². The Kier molecular flexibility index (Phi) is 2.84. The number of aliphatic hydroxyl groups is 1. The van der Waals surface area contributed by atoms with Crippen LogP contribution in [0.3, 0.4) is 0 Å². The summed E-state index contributed by atoms with van der Waals surface area (Å²) >= 11 is 6.06. The average molecular weight is 189 g/mol. The highest BCUT2D eigenvalue weighted by Gasteiger charge is 2.37. The van der Waals surface area contributed by atoms with Gasteiger partial charge in [0.15, 0.2) is 0 Å². The first kappa shape index (κ1) is 10.1. The first-order chi connectivity index (χ1) is 5.43. The Balaban J connectivity index is 2.58. The first-order valence-corrected chi connectivity index (χ1v) is 4.89. The zero-order chi connectivity index (χ0) is 9.35. The van der Waals surface area contributed by atoms with Crippen LogP contribution in [-0.2, 0) is 0 Å². The van der Waals surface area contributed by atoms with Crippen LogP contribution in [0, 0.1) is 5.92 Å². The number of hydrogen-bond donors (Lipinski definition) is 1. The van der Waals surface area contributed by atoms with Gasteiger partial charge >= 0.3 is 0 Å². The van der Waals surface area contributed by atoms with Crippen LogP contribution in [0.4, 0.5) is 0 Å². The van der Waals surface area contributed by atoms with Gasteiger partial charge in [-0.05, 0) is 39.0 Å². The van der Waals surface area contributed by atoms with Crippen molar-refractivity contribution in [3.05, 3.63) is 12.2 Å². The number of allylic oxidation sites excluding steroid dienone is 1. The SMILES string of the molecule is C=C(C)[C@@H]1CCC(C)(O)C(Cl)C1. The van der Waals surface area contributed by atoms with E-state index in [0.717, 1.165) is 19.3 Å². The summed E-state index contributed by atoms with van der Waals surface area (Å²) in [7, 11) is 0. The molecule has 1 nitrogen and oxygen atoms in total. The minimum Gasteiger partial charge on any atom is -0.389 e. The molecule has 0 spiro atoms. The molecule has 0 saturated heterocycles. The fraction of sp³-hybridized carbons (Fsp3) is 0.800. The van der Waals surface area contributed by atoms with Gasteiger partial charge in [0.2, 0.25) is 0 Å². The Morgan fingerprint density at radius 3 is 2.67 bits per heavy atom. The van der Waals surface area contributed by atoms with E-state index in [4.69, 9.17) is 11.6 Å². The van der Waals surface area contributed by atoms with Crippen LogP contribution in [0.1, 0.15) is 33.1 Å². The van der Waals surface area contributed by atoms with Crippen molar-refractivity contribution in [2.45, 2.75) is 44.1 Å². The Hall–Kier alpha value is -0.0100. The molecule has 1 saturated carbocycles. The molecule has 2 heteroatoms. The third kappa shape index (κ3) is 2.02. The maximum atomic E-state index is 9.78. The van der Waals surface area contributed by atoms with E-state index in [9.17, 15) is 5.11 Å². The van der Waals surface area contributed by atoms with Crippen molar-refractivity contribution in [1.29, 1.82) is 0 Å². The Morgan fingerprint density at radius 1 is 1.67 bits per heavy atom. The number of halogens is 1. The summed E-state index contributed by atoms with van der Waals surface area (Å²) in [5, 5.41) is 9.66. The minimum atomic E-state index is -0.673. The molecule has 0 aromatic rings.